The fraction of sp³-hybridized carbons (Fsp3) is 0.600. The average molecular weight is 282 g/mol. The Morgan fingerprint density at radius 3 is 2.70 bits per heavy atom. The highest BCUT2D eigenvalue weighted by Crippen LogP contribution is 2.21. The minimum absolute atomic E-state index is 0.199. The summed E-state index contributed by atoms with van der Waals surface area (Å²) in [5, 5.41) is 8.99. The third-order valence-electron chi connectivity index (χ3n) is 3.75. The molecule has 1 heterocycles. The monoisotopic (exact) mass is 282 g/mol. The number of β-amino-alcohol motifs (C(OH)–C–C–N with tert-alkyl or cyclic N) is 1. The Morgan fingerprint density at radius 1 is 1.20 bits per heavy atom. The summed E-state index contributed by atoms with van der Waals surface area (Å²) in [5.41, 5.74) is 0.681. The van der Waals surface area contributed by atoms with Gasteiger partial charge >= 0.3 is 0 Å². The van der Waals surface area contributed by atoms with Gasteiger partial charge in [-0.2, -0.15) is 0 Å². The number of benzene rings is 1. The predicted octanol–water partition coefficient (Wildman–Crippen LogP) is 1.33. The van der Waals surface area contributed by atoms with Gasteiger partial charge < -0.3 is 9.84 Å². The van der Waals surface area contributed by atoms with Crippen molar-refractivity contribution in [3.05, 3.63) is 29.6 Å². The molecule has 0 aromatic heterocycles. The van der Waals surface area contributed by atoms with E-state index in [-0.39, 0.29) is 12.4 Å². The molecule has 20 heavy (non-hydrogen) atoms. The van der Waals surface area contributed by atoms with Gasteiger partial charge in [-0.05, 0) is 25.6 Å². The number of hydrogen-bond acceptors (Lipinski definition) is 4. The average Bonchev–Trinajstić information content (AvgIpc) is 2.67. The van der Waals surface area contributed by atoms with Crippen molar-refractivity contribution in [2.45, 2.75) is 13.0 Å². The lowest BCUT2D eigenvalue weighted by molar-refractivity contribution is 0.195. The van der Waals surface area contributed by atoms with Crippen molar-refractivity contribution in [2.24, 2.45) is 0 Å². The molecule has 0 radical (unpaired) electrons. The van der Waals surface area contributed by atoms with E-state index in [9.17, 15) is 4.39 Å². The van der Waals surface area contributed by atoms with Crippen LogP contribution in [0.3, 0.4) is 0 Å². The Bertz CT molecular complexity index is 428. The molecule has 0 saturated carbocycles. The molecular formula is C15H23FN2O2. The van der Waals surface area contributed by atoms with Crippen molar-refractivity contribution in [3.8, 4) is 5.75 Å². The van der Waals surface area contributed by atoms with Crippen LogP contribution >= 0.6 is 0 Å². The first kappa shape index (κ1) is 15.2. The van der Waals surface area contributed by atoms with Gasteiger partial charge in [-0.15, -0.1) is 0 Å². The van der Waals surface area contributed by atoms with Gasteiger partial charge in [0, 0.05) is 31.7 Å². The van der Waals surface area contributed by atoms with E-state index < -0.39 is 0 Å². The smallest absolute Gasteiger partial charge is 0.169 e. The summed E-state index contributed by atoms with van der Waals surface area (Å²) < 4.78 is 19.2. The Balaban J connectivity index is 1.96. The van der Waals surface area contributed by atoms with Crippen molar-refractivity contribution in [1.29, 1.82) is 0 Å². The number of nitrogens with zero attached hydrogens (tertiary/aromatic N) is 2. The van der Waals surface area contributed by atoms with Crippen LogP contribution in [0.25, 0.3) is 0 Å². The molecule has 0 spiro atoms. The van der Waals surface area contributed by atoms with E-state index in [1.54, 1.807) is 6.07 Å². The fourth-order valence-corrected chi connectivity index (χ4v) is 2.62. The molecule has 1 aliphatic heterocycles. The lowest BCUT2D eigenvalue weighted by atomic mass is 10.2. The first-order valence-electron chi connectivity index (χ1n) is 7.11. The van der Waals surface area contributed by atoms with E-state index in [0.717, 1.165) is 39.1 Å². The highest BCUT2D eigenvalue weighted by atomic mass is 19.1. The van der Waals surface area contributed by atoms with Crippen LogP contribution in [0.1, 0.15) is 12.0 Å². The standard InChI is InChI=1S/C15H23FN2O2/c1-20-14-5-2-4-13(15(14)16)12-18-7-3-6-17(8-9-18)10-11-19/h2,4-5,19H,3,6-12H2,1H3. The number of aliphatic hydroxyl groups is 1. The molecule has 0 atom stereocenters. The summed E-state index contributed by atoms with van der Waals surface area (Å²) in [6, 6.07) is 5.28. The quantitative estimate of drug-likeness (QED) is 0.884. The summed E-state index contributed by atoms with van der Waals surface area (Å²) in [6.45, 7) is 5.31. The SMILES string of the molecule is COc1cccc(CN2CCCN(CCO)CC2)c1F. The van der Waals surface area contributed by atoms with Crippen LogP contribution in [0, 0.1) is 5.82 Å². The number of hydrogen-bond donors (Lipinski definition) is 1. The number of methoxy groups -OCH3 is 1. The second-order valence-electron chi connectivity index (χ2n) is 5.13. The predicted molar refractivity (Wildman–Crippen MR) is 76.4 cm³/mol. The summed E-state index contributed by atoms with van der Waals surface area (Å²) >= 11 is 0. The van der Waals surface area contributed by atoms with Crippen LogP contribution in [0.5, 0.6) is 5.75 Å². The van der Waals surface area contributed by atoms with Crippen molar-refractivity contribution in [1.82, 2.24) is 9.80 Å². The molecule has 5 heteroatoms. The molecular weight excluding hydrogens is 259 g/mol. The van der Waals surface area contributed by atoms with Crippen LogP contribution in [0.15, 0.2) is 18.2 Å². The summed E-state index contributed by atoms with van der Waals surface area (Å²) in [4.78, 5) is 4.51. The second-order valence-corrected chi connectivity index (χ2v) is 5.13. The second kappa shape index (κ2) is 7.57. The van der Waals surface area contributed by atoms with Crippen LogP contribution in [-0.2, 0) is 6.54 Å². The van der Waals surface area contributed by atoms with Gasteiger partial charge in [-0.3, -0.25) is 9.80 Å². The molecule has 1 aromatic carbocycles. The molecule has 0 amide bonds. The third kappa shape index (κ3) is 3.91. The first-order valence-corrected chi connectivity index (χ1v) is 7.11. The van der Waals surface area contributed by atoms with Gasteiger partial charge in [0.25, 0.3) is 0 Å². The summed E-state index contributed by atoms with van der Waals surface area (Å²) in [6.07, 6.45) is 1.05. The lowest BCUT2D eigenvalue weighted by Gasteiger charge is -2.21. The van der Waals surface area contributed by atoms with Crippen LogP contribution < -0.4 is 4.74 Å². The molecule has 4 nitrogen and oxygen atoms in total. The van der Waals surface area contributed by atoms with Gasteiger partial charge in [0.1, 0.15) is 0 Å². The highest BCUT2D eigenvalue weighted by Gasteiger charge is 2.17. The number of aliphatic hydroxyl groups excluding tert-OH is 1. The Kier molecular flexibility index (Phi) is 5.76. The number of ether oxygens (including phenoxy) is 1. The van der Waals surface area contributed by atoms with Crippen molar-refractivity contribution >= 4 is 0 Å². The van der Waals surface area contributed by atoms with Crippen molar-refractivity contribution in [3.63, 3.8) is 0 Å². The zero-order valence-electron chi connectivity index (χ0n) is 12.0. The van der Waals surface area contributed by atoms with Crippen LogP contribution in [-0.4, -0.2) is 61.3 Å². The third-order valence-corrected chi connectivity index (χ3v) is 3.75. The van der Waals surface area contributed by atoms with E-state index in [1.165, 1.54) is 7.11 Å². The van der Waals surface area contributed by atoms with E-state index >= 15 is 0 Å². The van der Waals surface area contributed by atoms with Gasteiger partial charge in [-0.1, -0.05) is 12.1 Å². The minimum Gasteiger partial charge on any atom is -0.494 e. The zero-order chi connectivity index (χ0) is 14.4. The van der Waals surface area contributed by atoms with Crippen molar-refractivity contribution in [2.75, 3.05) is 46.4 Å². The van der Waals surface area contributed by atoms with Crippen LogP contribution in [0.2, 0.25) is 0 Å². The van der Waals surface area contributed by atoms with E-state index in [1.807, 2.05) is 12.1 Å². The first-order chi connectivity index (χ1) is 9.74. The zero-order valence-corrected chi connectivity index (χ0v) is 12.0. The lowest BCUT2D eigenvalue weighted by Crippen LogP contribution is -2.32. The largest absolute Gasteiger partial charge is 0.494 e. The molecule has 112 valence electrons. The maximum atomic E-state index is 14.1. The molecule has 2 rings (SSSR count). The van der Waals surface area contributed by atoms with E-state index in [0.29, 0.717) is 17.9 Å². The van der Waals surface area contributed by atoms with Gasteiger partial charge in [0.15, 0.2) is 11.6 Å². The Labute approximate surface area is 119 Å². The van der Waals surface area contributed by atoms with E-state index in [4.69, 9.17) is 9.84 Å². The van der Waals surface area contributed by atoms with Gasteiger partial charge in [0.2, 0.25) is 0 Å². The van der Waals surface area contributed by atoms with Gasteiger partial charge in [0.05, 0.1) is 13.7 Å². The molecule has 0 aliphatic carbocycles. The fourth-order valence-electron chi connectivity index (χ4n) is 2.62. The molecule has 1 aliphatic rings. The maximum absolute atomic E-state index is 14.1. The number of halogens is 1. The molecule has 1 N–H and O–H groups in total. The highest BCUT2D eigenvalue weighted by molar-refractivity contribution is 5.30. The van der Waals surface area contributed by atoms with E-state index in [2.05, 4.69) is 9.80 Å². The normalized spacial score (nSPS) is 17.9. The summed E-state index contributed by atoms with van der Waals surface area (Å²) in [7, 11) is 1.49. The molecule has 1 aromatic rings. The molecule has 0 unspecified atom stereocenters. The topological polar surface area (TPSA) is 35.9 Å². The Hall–Kier alpha value is -1.17. The number of rotatable bonds is 5. The summed E-state index contributed by atoms with van der Waals surface area (Å²) in [5.74, 6) is 0.0469. The van der Waals surface area contributed by atoms with Crippen molar-refractivity contribution < 1.29 is 14.2 Å². The van der Waals surface area contributed by atoms with Gasteiger partial charge in [-0.25, -0.2) is 4.39 Å². The van der Waals surface area contributed by atoms with Crippen LogP contribution in [0.4, 0.5) is 4.39 Å². The Morgan fingerprint density at radius 2 is 1.95 bits per heavy atom. The minimum atomic E-state index is -0.258. The molecule has 1 fully saturated rings. The maximum Gasteiger partial charge on any atom is 0.169 e. The molecule has 0 bridgehead atoms. The molecule has 1 saturated heterocycles.